The molecule has 1 fully saturated rings. The van der Waals surface area contributed by atoms with Crippen molar-refractivity contribution in [3.63, 3.8) is 0 Å². The molecule has 0 saturated heterocycles. The average Bonchev–Trinajstić information content (AvgIpc) is 2.39. The quantitative estimate of drug-likeness (QED) is 0.904. The topological polar surface area (TPSA) is 59.4 Å². The summed E-state index contributed by atoms with van der Waals surface area (Å²) in [6, 6.07) is 3.24. The van der Waals surface area contributed by atoms with Crippen LogP contribution >= 0.6 is 0 Å². The molecule has 2 rings (SSSR count). The van der Waals surface area contributed by atoms with Gasteiger partial charge in [0.15, 0.2) is 0 Å². The maximum Gasteiger partial charge on any atom is 0.337 e. The molecular weight excluding hydrogens is 242 g/mol. The maximum atomic E-state index is 10.9. The minimum absolute atomic E-state index is 0.223. The van der Waals surface area contributed by atoms with E-state index in [0.29, 0.717) is 17.5 Å². The minimum Gasteiger partial charge on any atom is -0.478 e. The highest BCUT2D eigenvalue weighted by atomic mass is 16.5. The van der Waals surface area contributed by atoms with Gasteiger partial charge in [-0.25, -0.2) is 9.78 Å². The summed E-state index contributed by atoms with van der Waals surface area (Å²) in [5.74, 6) is 0.198. The van der Waals surface area contributed by atoms with Crippen LogP contribution in [0.3, 0.4) is 0 Å². The highest BCUT2D eigenvalue weighted by Gasteiger charge is 2.25. The summed E-state index contributed by atoms with van der Waals surface area (Å²) in [6.07, 6.45) is 6.11. The van der Waals surface area contributed by atoms with E-state index < -0.39 is 5.97 Å². The fraction of sp³-hybridized carbons (Fsp3) is 0.600. The first-order chi connectivity index (χ1) is 9.11. The number of carbonyl (C=O) groups is 1. The Bertz CT molecular complexity index is 459. The van der Waals surface area contributed by atoms with Gasteiger partial charge in [0.25, 0.3) is 0 Å². The Labute approximate surface area is 113 Å². The minimum atomic E-state index is -0.944. The Morgan fingerprint density at radius 1 is 1.42 bits per heavy atom. The number of pyridine rings is 1. The van der Waals surface area contributed by atoms with Crippen LogP contribution in [0.5, 0.6) is 5.88 Å². The van der Waals surface area contributed by atoms with Crippen LogP contribution < -0.4 is 4.74 Å². The summed E-state index contributed by atoms with van der Waals surface area (Å²) in [6.45, 7) is 3.90. The number of aromatic nitrogens is 1. The molecule has 1 N–H and O–H groups in total. The summed E-state index contributed by atoms with van der Waals surface area (Å²) in [5, 5.41) is 8.98. The number of aromatic carboxylic acids is 1. The lowest BCUT2D eigenvalue weighted by molar-refractivity contribution is 0.0694. The Morgan fingerprint density at radius 2 is 2.16 bits per heavy atom. The predicted molar refractivity (Wildman–Crippen MR) is 72.6 cm³/mol. The van der Waals surface area contributed by atoms with Crippen LogP contribution in [0.25, 0.3) is 0 Å². The van der Waals surface area contributed by atoms with Gasteiger partial charge in [-0.2, -0.15) is 0 Å². The molecule has 0 spiro atoms. The molecule has 1 aromatic rings. The number of nitrogens with zero attached hydrogens (tertiary/aromatic N) is 1. The van der Waals surface area contributed by atoms with E-state index >= 15 is 0 Å². The average molecular weight is 263 g/mol. The number of carboxylic acids is 1. The number of hydrogen-bond donors (Lipinski definition) is 1. The van der Waals surface area contributed by atoms with Crippen molar-refractivity contribution in [2.75, 3.05) is 0 Å². The maximum absolute atomic E-state index is 10.9. The number of carboxylic acid groups (broad SMARTS) is 1. The lowest BCUT2D eigenvalue weighted by atomic mass is 9.85. The molecule has 0 radical (unpaired) electrons. The van der Waals surface area contributed by atoms with Crippen LogP contribution in [0.4, 0.5) is 0 Å². The highest BCUT2D eigenvalue weighted by Crippen LogP contribution is 2.30. The van der Waals surface area contributed by atoms with Gasteiger partial charge in [0.2, 0.25) is 5.88 Å². The van der Waals surface area contributed by atoms with Crippen molar-refractivity contribution in [3.8, 4) is 5.88 Å². The molecule has 1 aliphatic carbocycles. The molecule has 4 nitrogen and oxygen atoms in total. The summed E-state index contributed by atoms with van der Waals surface area (Å²) < 4.78 is 5.97. The molecule has 0 amide bonds. The van der Waals surface area contributed by atoms with E-state index in [0.717, 1.165) is 12.8 Å². The molecule has 1 aromatic heterocycles. The van der Waals surface area contributed by atoms with E-state index in [1.807, 2.05) is 0 Å². The fourth-order valence-electron chi connectivity index (χ4n) is 2.78. The Kier molecular flexibility index (Phi) is 4.40. The molecule has 1 heterocycles. The van der Waals surface area contributed by atoms with Gasteiger partial charge < -0.3 is 9.84 Å². The summed E-state index contributed by atoms with van der Waals surface area (Å²) in [7, 11) is 0. The molecule has 4 heteroatoms. The fourth-order valence-corrected chi connectivity index (χ4v) is 2.78. The molecular formula is C15H21NO3. The highest BCUT2D eigenvalue weighted by molar-refractivity contribution is 5.88. The molecule has 2 atom stereocenters. The van der Waals surface area contributed by atoms with Gasteiger partial charge in [-0.1, -0.05) is 13.3 Å². The van der Waals surface area contributed by atoms with Gasteiger partial charge in [0, 0.05) is 6.07 Å². The van der Waals surface area contributed by atoms with E-state index in [-0.39, 0.29) is 11.7 Å². The Morgan fingerprint density at radius 3 is 2.79 bits per heavy atom. The number of rotatable bonds is 4. The molecule has 0 bridgehead atoms. The van der Waals surface area contributed by atoms with E-state index in [4.69, 9.17) is 9.84 Å². The number of hydrogen-bond acceptors (Lipinski definition) is 3. The third kappa shape index (κ3) is 3.25. The molecule has 104 valence electrons. The van der Waals surface area contributed by atoms with Crippen LogP contribution in [-0.2, 0) is 0 Å². The molecule has 0 aromatic carbocycles. The van der Waals surface area contributed by atoms with Crippen LogP contribution in [0.2, 0.25) is 0 Å². The first kappa shape index (κ1) is 13.8. The summed E-state index contributed by atoms with van der Waals surface area (Å²) >= 11 is 0. The Hall–Kier alpha value is -1.58. The Balaban J connectivity index is 2.10. The zero-order valence-electron chi connectivity index (χ0n) is 11.6. The second kappa shape index (κ2) is 6.04. The van der Waals surface area contributed by atoms with Crippen LogP contribution in [-0.4, -0.2) is 22.2 Å². The van der Waals surface area contributed by atoms with Crippen molar-refractivity contribution >= 4 is 5.97 Å². The van der Waals surface area contributed by atoms with Gasteiger partial charge in [-0.05, 0) is 44.6 Å². The zero-order chi connectivity index (χ0) is 13.8. The van der Waals surface area contributed by atoms with Crippen LogP contribution in [0.15, 0.2) is 12.1 Å². The molecule has 19 heavy (non-hydrogen) atoms. The summed E-state index contributed by atoms with van der Waals surface area (Å²) in [4.78, 5) is 15.2. The summed E-state index contributed by atoms with van der Waals surface area (Å²) in [5.41, 5.74) is 0.747. The van der Waals surface area contributed by atoms with Crippen LogP contribution in [0.1, 0.15) is 55.1 Å². The van der Waals surface area contributed by atoms with Crippen molar-refractivity contribution < 1.29 is 14.6 Å². The van der Waals surface area contributed by atoms with Gasteiger partial charge >= 0.3 is 5.97 Å². The first-order valence-electron chi connectivity index (χ1n) is 6.99. The van der Waals surface area contributed by atoms with Crippen LogP contribution in [0, 0.1) is 12.8 Å². The normalized spacial score (nSPS) is 23.1. The van der Waals surface area contributed by atoms with Crippen molar-refractivity contribution in [1.29, 1.82) is 0 Å². The van der Waals surface area contributed by atoms with Crippen molar-refractivity contribution in [3.05, 3.63) is 23.4 Å². The zero-order valence-corrected chi connectivity index (χ0v) is 11.6. The lowest BCUT2D eigenvalue weighted by Crippen LogP contribution is -2.30. The predicted octanol–water partition coefficient (Wildman–Crippen LogP) is 3.44. The second-order valence-electron chi connectivity index (χ2n) is 5.20. The van der Waals surface area contributed by atoms with E-state index in [1.54, 1.807) is 19.1 Å². The van der Waals surface area contributed by atoms with E-state index in [9.17, 15) is 4.79 Å². The lowest BCUT2D eigenvalue weighted by Gasteiger charge is -2.30. The van der Waals surface area contributed by atoms with Gasteiger partial charge in [-0.3, -0.25) is 0 Å². The standard InChI is InChI=1S/C15H21NO3/c1-3-11-6-4-5-7-13(11)19-14-9-8-12(15(17)18)10(2)16-14/h8-9,11,13H,3-7H2,1-2H3,(H,17,18). The molecule has 0 aliphatic heterocycles. The van der Waals surface area contributed by atoms with Crippen molar-refractivity contribution in [2.24, 2.45) is 5.92 Å². The van der Waals surface area contributed by atoms with Gasteiger partial charge in [-0.15, -0.1) is 0 Å². The molecule has 2 unspecified atom stereocenters. The van der Waals surface area contributed by atoms with Crippen molar-refractivity contribution in [1.82, 2.24) is 4.98 Å². The van der Waals surface area contributed by atoms with Gasteiger partial charge in [0.05, 0.1) is 11.3 Å². The van der Waals surface area contributed by atoms with E-state index in [1.165, 1.54) is 19.3 Å². The third-order valence-electron chi connectivity index (χ3n) is 3.93. The molecule has 1 aliphatic rings. The number of aryl methyl sites for hydroxylation is 1. The first-order valence-corrected chi connectivity index (χ1v) is 6.99. The SMILES string of the molecule is CCC1CCCCC1Oc1ccc(C(=O)O)c(C)n1. The van der Waals surface area contributed by atoms with Crippen molar-refractivity contribution in [2.45, 2.75) is 52.1 Å². The second-order valence-corrected chi connectivity index (χ2v) is 5.20. The monoisotopic (exact) mass is 263 g/mol. The third-order valence-corrected chi connectivity index (χ3v) is 3.93. The number of ether oxygens (including phenoxy) is 1. The molecule has 1 saturated carbocycles. The van der Waals surface area contributed by atoms with E-state index in [2.05, 4.69) is 11.9 Å². The largest absolute Gasteiger partial charge is 0.478 e. The smallest absolute Gasteiger partial charge is 0.337 e. The van der Waals surface area contributed by atoms with Gasteiger partial charge in [0.1, 0.15) is 6.10 Å².